The van der Waals surface area contributed by atoms with Crippen molar-refractivity contribution < 1.29 is 0 Å². The number of fused-ring (bicyclic) bond motifs is 1. The molecule has 1 aliphatic rings. The summed E-state index contributed by atoms with van der Waals surface area (Å²) in [6.07, 6.45) is 2.28. The summed E-state index contributed by atoms with van der Waals surface area (Å²) in [6, 6.07) is 14.9. The predicted molar refractivity (Wildman–Crippen MR) is 94.7 cm³/mol. The number of hydrogen-bond donors (Lipinski definition) is 0. The SMILES string of the molecule is CCCCN1CN(Cc2ccc3ccccc3c2)C(Cl)=C1Cl. The molecule has 0 radical (unpaired) electrons. The molecule has 0 fully saturated rings. The third-order valence-corrected chi connectivity index (χ3v) is 4.97. The maximum atomic E-state index is 6.40. The molecule has 4 heteroatoms. The molecule has 0 unspecified atom stereocenters. The molecule has 0 aromatic heterocycles. The van der Waals surface area contributed by atoms with Gasteiger partial charge in [-0.25, -0.2) is 0 Å². The highest BCUT2D eigenvalue weighted by Crippen LogP contribution is 2.31. The first-order valence-corrected chi connectivity index (χ1v) is 8.47. The van der Waals surface area contributed by atoms with E-state index in [0.717, 1.165) is 32.6 Å². The van der Waals surface area contributed by atoms with Gasteiger partial charge < -0.3 is 9.80 Å². The van der Waals surface area contributed by atoms with Crippen LogP contribution in [-0.4, -0.2) is 23.0 Å². The van der Waals surface area contributed by atoms with Gasteiger partial charge in [-0.3, -0.25) is 0 Å². The van der Waals surface area contributed by atoms with Gasteiger partial charge in [-0.15, -0.1) is 0 Å². The molecule has 0 atom stereocenters. The van der Waals surface area contributed by atoms with Crippen LogP contribution in [0.15, 0.2) is 52.8 Å². The van der Waals surface area contributed by atoms with E-state index in [0.29, 0.717) is 10.3 Å². The summed E-state index contributed by atoms with van der Waals surface area (Å²) in [5.74, 6) is 0. The van der Waals surface area contributed by atoms with Gasteiger partial charge in [0.1, 0.15) is 10.3 Å². The van der Waals surface area contributed by atoms with E-state index in [1.54, 1.807) is 0 Å². The lowest BCUT2D eigenvalue weighted by atomic mass is 10.1. The lowest BCUT2D eigenvalue weighted by molar-refractivity contribution is 0.251. The Bertz CT molecular complexity index is 696. The van der Waals surface area contributed by atoms with Gasteiger partial charge in [-0.1, -0.05) is 72.9 Å². The zero-order valence-corrected chi connectivity index (χ0v) is 14.2. The van der Waals surface area contributed by atoms with Crippen LogP contribution in [0.5, 0.6) is 0 Å². The average molecular weight is 335 g/mol. The fraction of sp³-hybridized carbons (Fsp3) is 0.333. The molecule has 1 heterocycles. The van der Waals surface area contributed by atoms with Crippen LogP contribution in [0, 0.1) is 0 Å². The number of nitrogens with zero attached hydrogens (tertiary/aromatic N) is 2. The van der Waals surface area contributed by atoms with Crippen molar-refractivity contribution in [2.45, 2.75) is 26.3 Å². The first kappa shape index (κ1) is 15.5. The van der Waals surface area contributed by atoms with Crippen LogP contribution in [-0.2, 0) is 6.54 Å². The number of rotatable bonds is 5. The summed E-state index contributed by atoms with van der Waals surface area (Å²) < 4.78 is 0. The van der Waals surface area contributed by atoms with Gasteiger partial charge in [-0.05, 0) is 28.8 Å². The number of benzene rings is 2. The summed E-state index contributed by atoms with van der Waals surface area (Å²) >= 11 is 12.8. The Morgan fingerprint density at radius 3 is 2.45 bits per heavy atom. The van der Waals surface area contributed by atoms with E-state index in [-0.39, 0.29) is 0 Å². The zero-order valence-electron chi connectivity index (χ0n) is 12.7. The molecular formula is C18H20Cl2N2. The minimum atomic E-state index is 0.658. The predicted octanol–water partition coefficient (Wildman–Crippen LogP) is 5.32. The highest BCUT2D eigenvalue weighted by Gasteiger charge is 2.26. The molecule has 3 rings (SSSR count). The van der Waals surface area contributed by atoms with E-state index < -0.39 is 0 Å². The second-order valence-corrected chi connectivity index (χ2v) is 6.44. The molecule has 0 N–H and O–H groups in total. The van der Waals surface area contributed by atoms with E-state index in [9.17, 15) is 0 Å². The maximum Gasteiger partial charge on any atom is 0.142 e. The van der Waals surface area contributed by atoms with Gasteiger partial charge >= 0.3 is 0 Å². The Balaban J connectivity index is 1.75. The summed E-state index contributed by atoms with van der Waals surface area (Å²) in [5.41, 5.74) is 1.25. The van der Waals surface area contributed by atoms with Crippen LogP contribution < -0.4 is 0 Å². The molecule has 2 aromatic rings. The van der Waals surface area contributed by atoms with Crippen molar-refractivity contribution in [3.05, 3.63) is 58.3 Å². The molecule has 0 spiro atoms. The van der Waals surface area contributed by atoms with Crippen LogP contribution >= 0.6 is 23.2 Å². The topological polar surface area (TPSA) is 6.48 Å². The molecule has 0 saturated heterocycles. The summed E-state index contributed by atoms with van der Waals surface area (Å²) in [4.78, 5) is 4.28. The quantitative estimate of drug-likeness (QED) is 0.683. The fourth-order valence-electron chi connectivity index (χ4n) is 2.79. The lowest BCUT2D eigenvalue weighted by Gasteiger charge is -2.22. The van der Waals surface area contributed by atoms with E-state index in [2.05, 4.69) is 59.2 Å². The Morgan fingerprint density at radius 2 is 1.68 bits per heavy atom. The van der Waals surface area contributed by atoms with Crippen molar-refractivity contribution in [1.29, 1.82) is 0 Å². The molecule has 0 bridgehead atoms. The smallest absolute Gasteiger partial charge is 0.142 e. The van der Waals surface area contributed by atoms with E-state index in [4.69, 9.17) is 23.2 Å². The average Bonchev–Trinajstić information content (AvgIpc) is 2.81. The van der Waals surface area contributed by atoms with Crippen molar-refractivity contribution >= 4 is 34.0 Å². The van der Waals surface area contributed by atoms with Crippen LogP contribution in [0.3, 0.4) is 0 Å². The zero-order chi connectivity index (χ0) is 15.5. The third kappa shape index (κ3) is 3.18. The Labute approximate surface area is 141 Å². The Morgan fingerprint density at radius 1 is 0.955 bits per heavy atom. The first-order valence-electron chi connectivity index (χ1n) is 7.72. The van der Waals surface area contributed by atoms with Crippen LogP contribution in [0.2, 0.25) is 0 Å². The monoisotopic (exact) mass is 334 g/mol. The van der Waals surface area contributed by atoms with Crippen LogP contribution in [0.25, 0.3) is 10.8 Å². The molecule has 0 amide bonds. The molecule has 0 aliphatic carbocycles. The first-order chi connectivity index (χ1) is 10.7. The fourth-order valence-corrected chi connectivity index (χ4v) is 3.28. The van der Waals surface area contributed by atoms with Crippen LogP contribution in [0.4, 0.5) is 0 Å². The molecule has 116 valence electrons. The van der Waals surface area contributed by atoms with Gasteiger partial charge in [0.15, 0.2) is 0 Å². The van der Waals surface area contributed by atoms with Crippen molar-refractivity contribution in [1.82, 2.24) is 9.80 Å². The number of unbranched alkanes of at least 4 members (excludes halogenated alkanes) is 1. The molecule has 22 heavy (non-hydrogen) atoms. The Kier molecular flexibility index (Phi) is 4.80. The second kappa shape index (κ2) is 6.80. The highest BCUT2D eigenvalue weighted by atomic mass is 35.5. The van der Waals surface area contributed by atoms with Crippen molar-refractivity contribution in [3.8, 4) is 0 Å². The van der Waals surface area contributed by atoms with E-state index >= 15 is 0 Å². The van der Waals surface area contributed by atoms with Gasteiger partial charge in [0.2, 0.25) is 0 Å². The maximum absolute atomic E-state index is 6.40. The Hall–Kier alpha value is -1.38. The normalized spacial score (nSPS) is 15.2. The molecule has 0 saturated carbocycles. The standard InChI is InChI=1S/C18H20Cl2N2/c1-2-3-10-21-13-22(18(20)17(21)19)12-14-8-9-15-6-4-5-7-16(15)11-14/h4-9,11H,2-3,10,12-13H2,1H3. The number of halogens is 2. The van der Waals surface area contributed by atoms with Crippen molar-refractivity contribution in [2.24, 2.45) is 0 Å². The molecule has 2 nitrogen and oxygen atoms in total. The summed E-state index contributed by atoms with van der Waals surface area (Å²) in [5, 5.41) is 3.85. The van der Waals surface area contributed by atoms with Crippen molar-refractivity contribution in [3.63, 3.8) is 0 Å². The van der Waals surface area contributed by atoms with Gasteiger partial charge in [0, 0.05) is 13.1 Å². The van der Waals surface area contributed by atoms with Gasteiger partial charge in [0.05, 0.1) is 6.67 Å². The molecule has 2 aromatic carbocycles. The minimum Gasteiger partial charge on any atom is -0.342 e. The second-order valence-electron chi connectivity index (χ2n) is 5.72. The van der Waals surface area contributed by atoms with E-state index in [1.807, 2.05) is 0 Å². The molecular weight excluding hydrogens is 315 g/mol. The third-order valence-electron chi connectivity index (χ3n) is 4.04. The lowest BCUT2D eigenvalue weighted by Crippen LogP contribution is -2.27. The van der Waals surface area contributed by atoms with Gasteiger partial charge in [0.25, 0.3) is 0 Å². The number of hydrogen-bond acceptors (Lipinski definition) is 2. The van der Waals surface area contributed by atoms with Crippen molar-refractivity contribution in [2.75, 3.05) is 13.2 Å². The highest BCUT2D eigenvalue weighted by molar-refractivity contribution is 6.38. The summed E-state index contributed by atoms with van der Waals surface area (Å²) in [6.45, 7) is 4.69. The van der Waals surface area contributed by atoms with E-state index in [1.165, 1.54) is 16.3 Å². The van der Waals surface area contributed by atoms with Crippen LogP contribution in [0.1, 0.15) is 25.3 Å². The molecule has 1 aliphatic heterocycles. The summed E-state index contributed by atoms with van der Waals surface area (Å²) in [7, 11) is 0. The minimum absolute atomic E-state index is 0.658. The largest absolute Gasteiger partial charge is 0.342 e. The van der Waals surface area contributed by atoms with Gasteiger partial charge in [-0.2, -0.15) is 0 Å².